The van der Waals surface area contributed by atoms with E-state index >= 15 is 0 Å². The SMILES string of the molecule is CCOC(=O)C(CC(=O)c1ccc(-c2ccc(N)cc2)cc1)c1ccccc1OC. The standard InChI is InChI=1S/C25H25NO4/c1-3-30-25(28)22(21-6-4-5-7-24(21)29-2)16-23(27)19-10-8-17(9-11-19)18-12-14-20(26)15-13-18/h4-15,22H,3,16,26H2,1-2H3. The minimum absolute atomic E-state index is 0.000421. The van der Waals surface area contributed by atoms with E-state index in [9.17, 15) is 9.59 Å². The van der Waals surface area contributed by atoms with Gasteiger partial charge in [-0.25, -0.2) is 0 Å². The van der Waals surface area contributed by atoms with Crippen molar-refractivity contribution in [2.24, 2.45) is 0 Å². The number of hydrogen-bond acceptors (Lipinski definition) is 5. The van der Waals surface area contributed by atoms with Crippen LogP contribution in [0.2, 0.25) is 0 Å². The van der Waals surface area contributed by atoms with Crippen LogP contribution < -0.4 is 10.5 Å². The van der Waals surface area contributed by atoms with E-state index in [1.807, 2.05) is 48.5 Å². The highest BCUT2D eigenvalue weighted by molar-refractivity contribution is 5.99. The van der Waals surface area contributed by atoms with Gasteiger partial charge in [0.2, 0.25) is 0 Å². The lowest BCUT2D eigenvalue weighted by molar-refractivity contribution is -0.145. The van der Waals surface area contributed by atoms with E-state index in [-0.39, 0.29) is 18.8 Å². The second kappa shape index (κ2) is 9.74. The first-order chi connectivity index (χ1) is 14.5. The normalized spacial score (nSPS) is 11.5. The molecule has 0 amide bonds. The van der Waals surface area contributed by atoms with Gasteiger partial charge in [0.25, 0.3) is 0 Å². The van der Waals surface area contributed by atoms with Gasteiger partial charge >= 0.3 is 5.97 Å². The minimum Gasteiger partial charge on any atom is -0.496 e. The molecular formula is C25H25NO4. The third kappa shape index (κ3) is 4.87. The highest BCUT2D eigenvalue weighted by Crippen LogP contribution is 2.31. The predicted molar refractivity (Wildman–Crippen MR) is 118 cm³/mol. The molecule has 1 unspecified atom stereocenters. The van der Waals surface area contributed by atoms with Gasteiger partial charge < -0.3 is 15.2 Å². The van der Waals surface area contributed by atoms with Crippen LogP contribution >= 0.6 is 0 Å². The molecular weight excluding hydrogens is 378 g/mol. The Morgan fingerprint density at radius 2 is 1.50 bits per heavy atom. The van der Waals surface area contributed by atoms with E-state index < -0.39 is 11.9 Å². The molecule has 0 bridgehead atoms. The van der Waals surface area contributed by atoms with Crippen molar-refractivity contribution in [3.8, 4) is 16.9 Å². The number of benzene rings is 3. The van der Waals surface area contributed by atoms with Gasteiger partial charge in [-0.2, -0.15) is 0 Å². The average Bonchev–Trinajstić information content (AvgIpc) is 2.78. The van der Waals surface area contributed by atoms with Crippen molar-refractivity contribution in [1.29, 1.82) is 0 Å². The fraction of sp³-hybridized carbons (Fsp3) is 0.200. The van der Waals surface area contributed by atoms with Gasteiger partial charge in [-0.3, -0.25) is 9.59 Å². The Balaban J connectivity index is 1.83. The second-order valence-electron chi connectivity index (χ2n) is 6.87. The molecule has 0 saturated carbocycles. The van der Waals surface area contributed by atoms with Gasteiger partial charge in [-0.05, 0) is 36.2 Å². The Kier molecular flexibility index (Phi) is 6.86. The highest BCUT2D eigenvalue weighted by atomic mass is 16.5. The molecule has 0 aliphatic rings. The first kappa shape index (κ1) is 21.1. The molecule has 154 valence electrons. The van der Waals surface area contributed by atoms with Crippen LogP contribution in [0.25, 0.3) is 11.1 Å². The van der Waals surface area contributed by atoms with Crippen LogP contribution in [0, 0.1) is 0 Å². The number of hydrogen-bond donors (Lipinski definition) is 1. The number of ether oxygens (including phenoxy) is 2. The van der Waals surface area contributed by atoms with Crippen molar-refractivity contribution in [2.75, 3.05) is 19.5 Å². The molecule has 0 heterocycles. The fourth-order valence-electron chi connectivity index (χ4n) is 3.34. The van der Waals surface area contributed by atoms with E-state index in [0.717, 1.165) is 11.1 Å². The number of methoxy groups -OCH3 is 1. The molecule has 5 heteroatoms. The Labute approximate surface area is 176 Å². The number of esters is 1. The smallest absolute Gasteiger partial charge is 0.314 e. The number of para-hydroxylation sites is 1. The van der Waals surface area contributed by atoms with Crippen molar-refractivity contribution in [1.82, 2.24) is 0 Å². The molecule has 0 aromatic heterocycles. The Morgan fingerprint density at radius 3 is 2.10 bits per heavy atom. The summed E-state index contributed by atoms with van der Waals surface area (Å²) in [5.41, 5.74) is 9.62. The second-order valence-corrected chi connectivity index (χ2v) is 6.87. The van der Waals surface area contributed by atoms with Gasteiger partial charge in [-0.15, -0.1) is 0 Å². The molecule has 0 saturated heterocycles. The summed E-state index contributed by atoms with van der Waals surface area (Å²) in [6.45, 7) is 1.99. The highest BCUT2D eigenvalue weighted by Gasteiger charge is 2.28. The third-order valence-corrected chi connectivity index (χ3v) is 4.93. The Hall–Kier alpha value is -3.60. The lowest BCUT2D eigenvalue weighted by Gasteiger charge is -2.18. The maximum absolute atomic E-state index is 13.0. The minimum atomic E-state index is -0.731. The molecule has 0 aliphatic carbocycles. The lowest BCUT2D eigenvalue weighted by atomic mass is 9.90. The fourth-order valence-corrected chi connectivity index (χ4v) is 3.34. The number of nitrogens with two attached hydrogens (primary N) is 1. The summed E-state index contributed by atoms with van der Waals surface area (Å²) in [6.07, 6.45) is 0.000421. The van der Waals surface area contributed by atoms with Crippen LogP contribution in [-0.4, -0.2) is 25.5 Å². The van der Waals surface area contributed by atoms with Gasteiger partial charge in [0.05, 0.1) is 19.6 Å². The topological polar surface area (TPSA) is 78.6 Å². The van der Waals surface area contributed by atoms with Gasteiger partial charge in [-0.1, -0.05) is 54.6 Å². The van der Waals surface area contributed by atoms with Crippen LogP contribution in [0.3, 0.4) is 0 Å². The summed E-state index contributed by atoms with van der Waals surface area (Å²) < 4.78 is 10.6. The van der Waals surface area contributed by atoms with Crippen molar-refractivity contribution in [3.05, 3.63) is 83.9 Å². The van der Waals surface area contributed by atoms with Gasteiger partial charge in [0.15, 0.2) is 5.78 Å². The van der Waals surface area contributed by atoms with Crippen LogP contribution in [0.1, 0.15) is 35.2 Å². The summed E-state index contributed by atoms with van der Waals surface area (Å²) in [5.74, 6) is -0.746. The summed E-state index contributed by atoms with van der Waals surface area (Å²) >= 11 is 0. The van der Waals surface area contributed by atoms with Gasteiger partial charge in [0, 0.05) is 23.2 Å². The maximum atomic E-state index is 13.0. The van der Waals surface area contributed by atoms with Crippen LogP contribution in [0.4, 0.5) is 5.69 Å². The largest absolute Gasteiger partial charge is 0.496 e. The number of carbonyl (C=O) groups is 2. The van der Waals surface area contributed by atoms with Crippen LogP contribution in [-0.2, 0) is 9.53 Å². The van der Waals surface area contributed by atoms with Crippen LogP contribution in [0.5, 0.6) is 5.75 Å². The molecule has 3 rings (SSSR count). The van der Waals surface area contributed by atoms with E-state index in [0.29, 0.717) is 22.6 Å². The number of rotatable bonds is 8. The van der Waals surface area contributed by atoms with Crippen LogP contribution in [0.15, 0.2) is 72.8 Å². The zero-order chi connectivity index (χ0) is 21.5. The predicted octanol–water partition coefficient (Wildman–Crippen LogP) is 4.86. The Morgan fingerprint density at radius 1 is 0.900 bits per heavy atom. The quantitative estimate of drug-likeness (QED) is 0.330. The maximum Gasteiger partial charge on any atom is 0.314 e. The Bertz CT molecular complexity index is 1010. The lowest BCUT2D eigenvalue weighted by Crippen LogP contribution is -2.20. The van der Waals surface area contributed by atoms with E-state index in [1.165, 1.54) is 0 Å². The molecule has 0 radical (unpaired) electrons. The molecule has 2 N–H and O–H groups in total. The number of ketones is 1. The number of anilines is 1. The summed E-state index contributed by atoms with van der Waals surface area (Å²) in [7, 11) is 1.54. The molecule has 1 atom stereocenters. The number of carbonyl (C=O) groups excluding carboxylic acids is 2. The average molecular weight is 403 g/mol. The molecule has 0 fully saturated rings. The molecule has 0 spiro atoms. The van der Waals surface area contributed by atoms with E-state index in [4.69, 9.17) is 15.2 Å². The zero-order valence-electron chi connectivity index (χ0n) is 17.1. The molecule has 0 aliphatic heterocycles. The molecule has 30 heavy (non-hydrogen) atoms. The summed E-state index contributed by atoms with van der Waals surface area (Å²) in [4.78, 5) is 25.6. The number of Topliss-reactive ketones (excluding diaryl/α,β-unsaturated/α-hetero) is 1. The summed E-state index contributed by atoms with van der Waals surface area (Å²) in [5, 5.41) is 0. The number of nitrogen functional groups attached to an aromatic ring is 1. The molecule has 3 aromatic carbocycles. The van der Waals surface area contributed by atoms with Crippen molar-refractivity contribution in [3.63, 3.8) is 0 Å². The van der Waals surface area contributed by atoms with E-state index in [2.05, 4.69) is 0 Å². The van der Waals surface area contributed by atoms with Crippen molar-refractivity contribution in [2.45, 2.75) is 19.3 Å². The molecule has 5 nitrogen and oxygen atoms in total. The monoisotopic (exact) mass is 403 g/mol. The molecule has 3 aromatic rings. The zero-order valence-corrected chi connectivity index (χ0v) is 17.1. The third-order valence-electron chi connectivity index (χ3n) is 4.93. The van der Waals surface area contributed by atoms with Crippen molar-refractivity contribution >= 4 is 17.4 Å². The van der Waals surface area contributed by atoms with Gasteiger partial charge in [0.1, 0.15) is 5.75 Å². The first-order valence-electron chi connectivity index (χ1n) is 9.82. The first-order valence-corrected chi connectivity index (χ1v) is 9.82. The summed E-state index contributed by atoms with van der Waals surface area (Å²) in [6, 6.07) is 22.1. The van der Waals surface area contributed by atoms with Crippen molar-refractivity contribution < 1.29 is 19.1 Å². The van der Waals surface area contributed by atoms with E-state index in [1.54, 1.807) is 38.3 Å².